The number of hydrogen-bond donors (Lipinski definition) is 1. The predicted molar refractivity (Wildman–Crippen MR) is 83.7 cm³/mol. The molecule has 1 aliphatic carbocycles. The lowest BCUT2D eigenvalue weighted by Crippen LogP contribution is -2.18. The van der Waals surface area contributed by atoms with Gasteiger partial charge in [0.05, 0.1) is 6.61 Å². The molecule has 0 radical (unpaired) electrons. The second-order valence-corrected chi connectivity index (χ2v) is 6.42. The Bertz CT molecular complexity index is 402. The topological polar surface area (TPSA) is 21.3 Å². The fourth-order valence-electron chi connectivity index (χ4n) is 2.71. The third kappa shape index (κ3) is 4.22. The lowest BCUT2D eigenvalue weighted by molar-refractivity contribution is 0.206. The van der Waals surface area contributed by atoms with Gasteiger partial charge in [0.1, 0.15) is 5.75 Å². The molecule has 2 rings (SSSR count). The molecule has 0 bridgehead atoms. The first-order valence-electron chi connectivity index (χ1n) is 7.30. The Hall–Kier alpha value is -0.540. The van der Waals surface area contributed by atoms with Crippen LogP contribution in [0.5, 0.6) is 5.75 Å². The number of rotatable bonds is 5. The van der Waals surface area contributed by atoms with Gasteiger partial charge in [-0.3, -0.25) is 0 Å². The summed E-state index contributed by atoms with van der Waals surface area (Å²) in [6, 6.07) is 6.62. The molecular formula is C16H24BrNO. The van der Waals surface area contributed by atoms with Gasteiger partial charge in [0, 0.05) is 16.1 Å². The van der Waals surface area contributed by atoms with Gasteiger partial charge >= 0.3 is 0 Å². The number of nitrogens with one attached hydrogen (secondary N) is 1. The van der Waals surface area contributed by atoms with E-state index in [1.807, 2.05) is 7.05 Å². The second kappa shape index (κ2) is 7.30. The summed E-state index contributed by atoms with van der Waals surface area (Å²) in [5.74, 6) is 1.76. The molecule has 3 heteroatoms. The van der Waals surface area contributed by atoms with Crippen LogP contribution in [0.15, 0.2) is 22.7 Å². The first-order chi connectivity index (χ1) is 9.20. The monoisotopic (exact) mass is 325 g/mol. The molecule has 0 amide bonds. The van der Waals surface area contributed by atoms with Gasteiger partial charge in [0.25, 0.3) is 0 Å². The maximum atomic E-state index is 6.11. The molecule has 106 valence electrons. The molecule has 1 fully saturated rings. The summed E-state index contributed by atoms with van der Waals surface area (Å²) in [5.41, 5.74) is 1.24. The molecule has 0 aliphatic heterocycles. The van der Waals surface area contributed by atoms with E-state index in [9.17, 15) is 0 Å². The standard InChI is InChI=1S/C16H24BrNO/c1-12(18-2)15-9-8-14(17)10-16(15)19-11-13-6-4-3-5-7-13/h8-10,12-13,18H,3-7,11H2,1-2H3. The van der Waals surface area contributed by atoms with Gasteiger partial charge in [-0.15, -0.1) is 0 Å². The first-order valence-corrected chi connectivity index (χ1v) is 8.09. The fraction of sp³-hybridized carbons (Fsp3) is 0.625. The molecule has 1 unspecified atom stereocenters. The zero-order chi connectivity index (χ0) is 13.7. The third-order valence-electron chi connectivity index (χ3n) is 4.07. The summed E-state index contributed by atoms with van der Waals surface area (Å²) >= 11 is 3.53. The van der Waals surface area contributed by atoms with E-state index in [0.29, 0.717) is 6.04 Å². The van der Waals surface area contributed by atoms with E-state index in [1.165, 1.54) is 37.7 Å². The molecule has 0 saturated heterocycles. The van der Waals surface area contributed by atoms with Crippen LogP contribution >= 0.6 is 15.9 Å². The molecule has 1 N–H and O–H groups in total. The molecule has 2 nitrogen and oxygen atoms in total. The van der Waals surface area contributed by atoms with Gasteiger partial charge in [-0.1, -0.05) is 41.3 Å². The molecule has 0 aromatic heterocycles. The van der Waals surface area contributed by atoms with Crippen molar-refractivity contribution in [2.75, 3.05) is 13.7 Å². The van der Waals surface area contributed by atoms with Crippen LogP contribution in [0.2, 0.25) is 0 Å². The molecule has 1 aliphatic rings. The van der Waals surface area contributed by atoms with Gasteiger partial charge in [-0.2, -0.15) is 0 Å². The Balaban J connectivity index is 2.02. The van der Waals surface area contributed by atoms with Crippen LogP contribution in [0.4, 0.5) is 0 Å². The lowest BCUT2D eigenvalue weighted by atomic mass is 9.90. The zero-order valence-electron chi connectivity index (χ0n) is 11.9. The third-order valence-corrected chi connectivity index (χ3v) is 4.57. The number of benzene rings is 1. The maximum absolute atomic E-state index is 6.11. The van der Waals surface area contributed by atoms with Crippen LogP contribution in [0.25, 0.3) is 0 Å². The summed E-state index contributed by atoms with van der Waals surface area (Å²) in [4.78, 5) is 0. The Kier molecular flexibility index (Phi) is 5.71. The predicted octanol–water partition coefficient (Wildman–Crippen LogP) is 4.69. The van der Waals surface area contributed by atoms with Crippen LogP contribution < -0.4 is 10.1 Å². The van der Waals surface area contributed by atoms with Crippen molar-refractivity contribution in [3.05, 3.63) is 28.2 Å². The summed E-state index contributed by atoms with van der Waals surface area (Å²) in [6.45, 7) is 3.02. The van der Waals surface area contributed by atoms with Crippen LogP contribution in [0.3, 0.4) is 0 Å². The van der Waals surface area contributed by atoms with E-state index in [2.05, 4.69) is 46.4 Å². The van der Waals surface area contributed by atoms with Gasteiger partial charge in [0.15, 0.2) is 0 Å². The molecule has 19 heavy (non-hydrogen) atoms. The van der Waals surface area contributed by atoms with E-state index >= 15 is 0 Å². The van der Waals surface area contributed by atoms with Crippen molar-refractivity contribution in [2.45, 2.75) is 45.1 Å². The largest absolute Gasteiger partial charge is 0.493 e. The highest BCUT2D eigenvalue weighted by molar-refractivity contribution is 9.10. The summed E-state index contributed by atoms with van der Waals surface area (Å²) < 4.78 is 7.19. The average molecular weight is 326 g/mol. The zero-order valence-corrected chi connectivity index (χ0v) is 13.5. The van der Waals surface area contributed by atoms with Gasteiger partial charge < -0.3 is 10.1 Å². The van der Waals surface area contributed by atoms with Crippen molar-refractivity contribution < 1.29 is 4.74 Å². The molecule has 0 heterocycles. The fourth-order valence-corrected chi connectivity index (χ4v) is 3.05. The molecule has 1 atom stereocenters. The Labute approximate surface area is 125 Å². The summed E-state index contributed by atoms with van der Waals surface area (Å²) in [5, 5.41) is 3.28. The van der Waals surface area contributed by atoms with E-state index < -0.39 is 0 Å². The van der Waals surface area contributed by atoms with Crippen molar-refractivity contribution in [1.29, 1.82) is 0 Å². The molecule has 1 aromatic carbocycles. The number of hydrogen-bond acceptors (Lipinski definition) is 2. The quantitative estimate of drug-likeness (QED) is 0.848. The highest BCUT2D eigenvalue weighted by atomic mass is 79.9. The highest BCUT2D eigenvalue weighted by Crippen LogP contribution is 2.30. The maximum Gasteiger partial charge on any atom is 0.125 e. The Morgan fingerprint density at radius 3 is 2.74 bits per heavy atom. The van der Waals surface area contributed by atoms with E-state index in [0.717, 1.165) is 22.7 Å². The minimum Gasteiger partial charge on any atom is -0.493 e. The van der Waals surface area contributed by atoms with Crippen molar-refractivity contribution in [1.82, 2.24) is 5.32 Å². The number of halogens is 1. The van der Waals surface area contributed by atoms with Crippen molar-refractivity contribution >= 4 is 15.9 Å². The molecular weight excluding hydrogens is 302 g/mol. The van der Waals surface area contributed by atoms with E-state index in [1.54, 1.807) is 0 Å². The minimum atomic E-state index is 0.314. The highest BCUT2D eigenvalue weighted by Gasteiger charge is 2.16. The van der Waals surface area contributed by atoms with E-state index in [4.69, 9.17) is 4.74 Å². The lowest BCUT2D eigenvalue weighted by Gasteiger charge is -2.23. The van der Waals surface area contributed by atoms with E-state index in [-0.39, 0.29) is 0 Å². The molecule has 1 saturated carbocycles. The van der Waals surface area contributed by atoms with Gasteiger partial charge in [0.2, 0.25) is 0 Å². The smallest absolute Gasteiger partial charge is 0.125 e. The summed E-state index contributed by atoms with van der Waals surface area (Å²) in [7, 11) is 1.98. The van der Waals surface area contributed by atoms with Crippen LogP contribution in [-0.2, 0) is 0 Å². The average Bonchev–Trinajstić information content (AvgIpc) is 2.45. The van der Waals surface area contributed by atoms with Crippen LogP contribution in [0, 0.1) is 5.92 Å². The Morgan fingerprint density at radius 2 is 2.05 bits per heavy atom. The number of ether oxygens (including phenoxy) is 1. The van der Waals surface area contributed by atoms with Crippen LogP contribution in [-0.4, -0.2) is 13.7 Å². The van der Waals surface area contributed by atoms with Crippen molar-refractivity contribution in [3.63, 3.8) is 0 Å². The second-order valence-electron chi connectivity index (χ2n) is 5.51. The molecule has 1 aromatic rings. The normalized spacial score (nSPS) is 18.3. The molecule has 0 spiro atoms. The Morgan fingerprint density at radius 1 is 1.32 bits per heavy atom. The van der Waals surface area contributed by atoms with Crippen molar-refractivity contribution in [3.8, 4) is 5.75 Å². The van der Waals surface area contributed by atoms with Crippen molar-refractivity contribution in [2.24, 2.45) is 5.92 Å². The first kappa shape index (κ1) is 14.9. The summed E-state index contributed by atoms with van der Waals surface area (Å²) in [6.07, 6.45) is 6.78. The van der Waals surface area contributed by atoms with Gasteiger partial charge in [-0.05, 0) is 44.9 Å². The minimum absolute atomic E-state index is 0.314. The van der Waals surface area contributed by atoms with Crippen LogP contribution in [0.1, 0.15) is 50.6 Å². The SMILES string of the molecule is CNC(C)c1ccc(Br)cc1OCC1CCCCC1. The van der Waals surface area contributed by atoms with Gasteiger partial charge in [-0.25, -0.2) is 0 Å².